The minimum atomic E-state index is -0.0886. The lowest BCUT2D eigenvalue weighted by molar-refractivity contribution is 0.0689. The Hall–Kier alpha value is -1.07. The largest absolute Gasteiger partial charge is 0.507 e. The second-order valence-electron chi connectivity index (χ2n) is 4.81. The van der Waals surface area contributed by atoms with Gasteiger partial charge in [0.05, 0.1) is 5.56 Å². The molecular formula is C14H19BrN2O2. The molecule has 0 radical (unpaired) electrons. The molecule has 0 saturated carbocycles. The minimum absolute atomic E-state index is 0.0419. The zero-order valence-electron chi connectivity index (χ0n) is 11.0. The van der Waals surface area contributed by atoms with Gasteiger partial charge in [-0.2, -0.15) is 0 Å². The van der Waals surface area contributed by atoms with Crippen LogP contribution in [0.5, 0.6) is 5.75 Å². The van der Waals surface area contributed by atoms with E-state index in [4.69, 9.17) is 0 Å². The van der Waals surface area contributed by atoms with Crippen LogP contribution >= 0.6 is 15.9 Å². The van der Waals surface area contributed by atoms with Crippen molar-refractivity contribution in [2.24, 2.45) is 0 Å². The summed E-state index contributed by atoms with van der Waals surface area (Å²) in [7, 11) is 0. The van der Waals surface area contributed by atoms with Crippen LogP contribution in [0.3, 0.4) is 0 Å². The summed E-state index contributed by atoms with van der Waals surface area (Å²) in [4.78, 5) is 14.5. The van der Waals surface area contributed by atoms with Gasteiger partial charge in [-0.1, -0.05) is 22.9 Å². The molecule has 1 unspecified atom stereocenters. The number of phenolic OH excluding ortho intramolecular Hbond substituents is 1. The molecule has 1 aromatic carbocycles. The molecule has 1 aliphatic rings. The van der Waals surface area contributed by atoms with Gasteiger partial charge in [0.25, 0.3) is 5.91 Å². The molecule has 1 amide bonds. The summed E-state index contributed by atoms with van der Waals surface area (Å²) >= 11 is 3.34. The third kappa shape index (κ3) is 3.28. The first-order chi connectivity index (χ1) is 9.13. The van der Waals surface area contributed by atoms with Gasteiger partial charge in [-0.25, -0.2) is 0 Å². The van der Waals surface area contributed by atoms with Gasteiger partial charge in [0, 0.05) is 23.6 Å². The number of carbonyl (C=O) groups is 1. The van der Waals surface area contributed by atoms with Crippen molar-refractivity contribution in [3.05, 3.63) is 28.2 Å². The van der Waals surface area contributed by atoms with E-state index in [9.17, 15) is 9.90 Å². The molecule has 1 fully saturated rings. The number of amides is 1. The molecule has 4 nitrogen and oxygen atoms in total. The Labute approximate surface area is 121 Å². The molecule has 1 saturated heterocycles. The third-order valence-electron chi connectivity index (χ3n) is 3.39. The second kappa shape index (κ2) is 6.39. The first kappa shape index (κ1) is 14.3. The van der Waals surface area contributed by atoms with Crippen LogP contribution in [-0.2, 0) is 0 Å². The van der Waals surface area contributed by atoms with E-state index >= 15 is 0 Å². The number of nitrogens with zero attached hydrogens (tertiary/aromatic N) is 1. The quantitative estimate of drug-likeness (QED) is 0.893. The number of halogens is 1. The average Bonchev–Trinajstić information content (AvgIpc) is 2.92. The summed E-state index contributed by atoms with van der Waals surface area (Å²) in [6.07, 6.45) is 1.89. The van der Waals surface area contributed by atoms with Gasteiger partial charge in [-0.15, -0.1) is 0 Å². The van der Waals surface area contributed by atoms with Crippen molar-refractivity contribution in [3.63, 3.8) is 0 Å². The molecule has 0 aromatic heterocycles. The van der Waals surface area contributed by atoms with Gasteiger partial charge >= 0.3 is 0 Å². The normalized spacial score (nSPS) is 18.5. The van der Waals surface area contributed by atoms with Crippen molar-refractivity contribution in [2.75, 3.05) is 19.6 Å². The smallest absolute Gasteiger partial charge is 0.257 e. The monoisotopic (exact) mass is 326 g/mol. The van der Waals surface area contributed by atoms with Crippen LogP contribution in [0, 0.1) is 0 Å². The molecular weight excluding hydrogens is 308 g/mol. The van der Waals surface area contributed by atoms with Gasteiger partial charge in [0.1, 0.15) is 5.75 Å². The van der Waals surface area contributed by atoms with E-state index in [-0.39, 0.29) is 17.7 Å². The van der Waals surface area contributed by atoms with Crippen molar-refractivity contribution in [1.82, 2.24) is 10.2 Å². The zero-order valence-corrected chi connectivity index (χ0v) is 12.6. The molecule has 0 bridgehead atoms. The SMILES string of the molecule is CCCN(C(=O)c1cc(Br)ccc1O)C1CCNC1. The maximum atomic E-state index is 12.6. The summed E-state index contributed by atoms with van der Waals surface area (Å²) in [5.41, 5.74) is 0.370. The molecule has 2 N–H and O–H groups in total. The van der Waals surface area contributed by atoms with Crippen molar-refractivity contribution >= 4 is 21.8 Å². The molecule has 19 heavy (non-hydrogen) atoms. The highest BCUT2D eigenvalue weighted by Gasteiger charge is 2.28. The van der Waals surface area contributed by atoms with E-state index in [1.165, 1.54) is 0 Å². The molecule has 5 heteroatoms. The topological polar surface area (TPSA) is 52.6 Å². The summed E-state index contributed by atoms with van der Waals surface area (Å²) in [5, 5.41) is 13.2. The number of phenols is 1. The predicted molar refractivity (Wildman–Crippen MR) is 78.4 cm³/mol. The number of aromatic hydroxyl groups is 1. The lowest BCUT2D eigenvalue weighted by Gasteiger charge is -2.28. The Kier molecular flexibility index (Phi) is 4.82. The van der Waals surface area contributed by atoms with E-state index in [1.54, 1.807) is 18.2 Å². The number of rotatable bonds is 4. The fourth-order valence-electron chi connectivity index (χ4n) is 2.43. The van der Waals surface area contributed by atoms with Crippen LogP contribution in [0.15, 0.2) is 22.7 Å². The van der Waals surface area contributed by atoms with Crippen LogP contribution < -0.4 is 5.32 Å². The van der Waals surface area contributed by atoms with E-state index in [0.717, 1.165) is 36.9 Å². The lowest BCUT2D eigenvalue weighted by atomic mass is 10.1. The van der Waals surface area contributed by atoms with Crippen LogP contribution in [0.1, 0.15) is 30.1 Å². The van der Waals surface area contributed by atoms with E-state index in [2.05, 4.69) is 28.2 Å². The second-order valence-corrected chi connectivity index (χ2v) is 5.72. The van der Waals surface area contributed by atoms with Gasteiger partial charge in [-0.3, -0.25) is 4.79 Å². The number of hydrogen-bond donors (Lipinski definition) is 2. The Bertz CT molecular complexity index is 459. The van der Waals surface area contributed by atoms with E-state index in [0.29, 0.717) is 5.56 Å². The molecule has 0 spiro atoms. The summed E-state index contributed by atoms with van der Waals surface area (Å²) in [6.45, 7) is 4.56. The maximum Gasteiger partial charge on any atom is 0.257 e. The minimum Gasteiger partial charge on any atom is -0.507 e. The highest BCUT2D eigenvalue weighted by Crippen LogP contribution is 2.25. The first-order valence-corrected chi connectivity index (χ1v) is 7.43. The predicted octanol–water partition coefficient (Wildman–Crippen LogP) is 2.37. The van der Waals surface area contributed by atoms with Crippen LogP contribution in [0.4, 0.5) is 0 Å². The third-order valence-corrected chi connectivity index (χ3v) is 3.88. The Morgan fingerprint density at radius 1 is 1.58 bits per heavy atom. The summed E-state index contributed by atoms with van der Waals surface area (Å²) in [5.74, 6) is -0.0467. The van der Waals surface area contributed by atoms with Gasteiger partial charge in [0.15, 0.2) is 0 Å². The fourth-order valence-corrected chi connectivity index (χ4v) is 2.79. The van der Waals surface area contributed by atoms with Crippen LogP contribution in [0.2, 0.25) is 0 Å². The average molecular weight is 327 g/mol. The van der Waals surface area contributed by atoms with E-state index in [1.807, 2.05) is 4.90 Å². The standard InChI is InChI=1S/C14H19BrN2O2/c1-2-7-17(11-5-6-16-9-11)14(19)12-8-10(15)3-4-13(12)18/h3-4,8,11,16,18H,2,5-7,9H2,1H3. The Morgan fingerprint density at radius 2 is 2.37 bits per heavy atom. The summed E-state index contributed by atoms with van der Waals surface area (Å²) < 4.78 is 0.801. The van der Waals surface area contributed by atoms with Gasteiger partial charge in [-0.05, 0) is 37.6 Å². The van der Waals surface area contributed by atoms with Crippen molar-refractivity contribution in [3.8, 4) is 5.75 Å². The zero-order chi connectivity index (χ0) is 13.8. The molecule has 2 rings (SSSR count). The molecule has 1 heterocycles. The number of benzene rings is 1. The van der Waals surface area contributed by atoms with Crippen molar-refractivity contribution < 1.29 is 9.90 Å². The summed E-state index contributed by atoms with van der Waals surface area (Å²) in [6, 6.07) is 5.19. The molecule has 1 aliphatic heterocycles. The highest BCUT2D eigenvalue weighted by atomic mass is 79.9. The Morgan fingerprint density at radius 3 is 3.00 bits per heavy atom. The first-order valence-electron chi connectivity index (χ1n) is 6.63. The molecule has 104 valence electrons. The van der Waals surface area contributed by atoms with Crippen LogP contribution in [0.25, 0.3) is 0 Å². The van der Waals surface area contributed by atoms with Crippen molar-refractivity contribution in [1.29, 1.82) is 0 Å². The van der Waals surface area contributed by atoms with Gasteiger partial charge in [0.2, 0.25) is 0 Å². The maximum absolute atomic E-state index is 12.6. The fraction of sp³-hybridized carbons (Fsp3) is 0.500. The highest BCUT2D eigenvalue weighted by molar-refractivity contribution is 9.10. The van der Waals surface area contributed by atoms with Gasteiger partial charge < -0.3 is 15.3 Å². The molecule has 1 aromatic rings. The molecule has 1 atom stereocenters. The van der Waals surface area contributed by atoms with Crippen LogP contribution in [-0.4, -0.2) is 41.6 Å². The number of hydrogen-bond acceptors (Lipinski definition) is 3. The number of carbonyl (C=O) groups excluding carboxylic acids is 1. The molecule has 0 aliphatic carbocycles. The van der Waals surface area contributed by atoms with Crippen molar-refractivity contribution in [2.45, 2.75) is 25.8 Å². The van der Waals surface area contributed by atoms with E-state index < -0.39 is 0 Å². The lowest BCUT2D eigenvalue weighted by Crippen LogP contribution is -2.42. The Balaban J connectivity index is 2.25. The number of nitrogens with one attached hydrogen (secondary N) is 1.